The van der Waals surface area contributed by atoms with Crippen molar-refractivity contribution in [2.75, 3.05) is 0 Å². The first-order valence-electron chi connectivity index (χ1n) is 9.99. The number of fused-ring (bicyclic) bond motifs is 1. The highest BCUT2D eigenvalue weighted by Crippen LogP contribution is 2.44. The zero-order valence-electron chi connectivity index (χ0n) is 16.2. The van der Waals surface area contributed by atoms with Gasteiger partial charge in [-0.25, -0.2) is 0 Å². The summed E-state index contributed by atoms with van der Waals surface area (Å²) in [5.41, 5.74) is 1.83. The van der Waals surface area contributed by atoms with E-state index in [2.05, 4.69) is 15.6 Å². The smallest absolute Gasteiger partial charge is 0.255 e. The molecule has 30 heavy (non-hydrogen) atoms. The molecular formula is C22H20N4O4. The van der Waals surface area contributed by atoms with Gasteiger partial charge in [0, 0.05) is 30.3 Å². The molecule has 2 fully saturated rings. The number of hydrogen-bond acceptors (Lipinski definition) is 5. The largest absolute Gasteiger partial charge is 0.341 e. The minimum atomic E-state index is -0.707. The molecule has 0 spiro atoms. The van der Waals surface area contributed by atoms with Crippen LogP contribution in [-0.2, 0) is 21.7 Å². The van der Waals surface area contributed by atoms with Gasteiger partial charge in [0.2, 0.25) is 11.8 Å². The Morgan fingerprint density at radius 1 is 1.13 bits per heavy atom. The van der Waals surface area contributed by atoms with Crippen LogP contribution in [0.2, 0.25) is 0 Å². The Bertz CT molecular complexity index is 1080. The summed E-state index contributed by atoms with van der Waals surface area (Å²) < 4.78 is 0. The molecule has 1 saturated carbocycles. The lowest BCUT2D eigenvalue weighted by Gasteiger charge is -2.29. The van der Waals surface area contributed by atoms with Crippen LogP contribution in [0.5, 0.6) is 0 Å². The Balaban J connectivity index is 1.40. The number of nitrogens with one attached hydrogen (secondary N) is 2. The summed E-state index contributed by atoms with van der Waals surface area (Å²) in [5.74, 6) is -1.34. The molecular weight excluding hydrogens is 384 g/mol. The fourth-order valence-corrected chi connectivity index (χ4v) is 4.30. The maximum atomic E-state index is 13.1. The van der Waals surface area contributed by atoms with E-state index in [1.54, 1.807) is 24.4 Å². The first kappa shape index (κ1) is 18.5. The molecule has 152 valence electrons. The molecule has 3 heterocycles. The molecule has 5 rings (SSSR count). The van der Waals surface area contributed by atoms with Crippen molar-refractivity contribution in [1.29, 1.82) is 0 Å². The zero-order valence-corrected chi connectivity index (χ0v) is 16.2. The lowest BCUT2D eigenvalue weighted by molar-refractivity contribution is -0.136. The van der Waals surface area contributed by atoms with Crippen LogP contribution in [0.4, 0.5) is 0 Å². The van der Waals surface area contributed by atoms with Gasteiger partial charge in [-0.15, -0.1) is 0 Å². The van der Waals surface area contributed by atoms with Crippen LogP contribution >= 0.6 is 0 Å². The summed E-state index contributed by atoms with van der Waals surface area (Å²) in [6.07, 6.45) is 3.81. The van der Waals surface area contributed by atoms with Crippen LogP contribution in [0.3, 0.4) is 0 Å². The topological polar surface area (TPSA) is 108 Å². The van der Waals surface area contributed by atoms with E-state index in [9.17, 15) is 19.2 Å². The molecule has 0 bridgehead atoms. The molecule has 1 aromatic carbocycles. The normalized spacial score (nSPS) is 21.8. The third-order valence-electron chi connectivity index (χ3n) is 6.08. The van der Waals surface area contributed by atoms with E-state index in [4.69, 9.17) is 0 Å². The molecule has 4 amide bonds. The van der Waals surface area contributed by atoms with Crippen LogP contribution in [0.1, 0.15) is 57.7 Å². The van der Waals surface area contributed by atoms with Gasteiger partial charge in [-0.3, -0.25) is 29.5 Å². The van der Waals surface area contributed by atoms with Gasteiger partial charge in [0.05, 0.1) is 11.2 Å². The number of benzene rings is 1. The summed E-state index contributed by atoms with van der Waals surface area (Å²) in [7, 11) is 0. The van der Waals surface area contributed by atoms with Crippen LogP contribution in [-0.4, -0.2) is 39.6 Å². The van der Waals surface area contributed by atoms with E-state index in [0.717, 1.165) is 18.5 Å². The number of carbonyl (C=O) groups excluding carboxylic acids is 4. The number of carbonyl (C=O) groups is 4. The molecule has 3 aliphatic rings. The number of hydrogen-bond donors (Lipinski definition) is 2. The SMILES string of the molecule is O=C1CCC(N2Cc3c(C(=O)NC4(c5ccccn5)CC4)cccc3C2=O)C(=O)N1. The second-order valence-corrected chi connectivity index (χ2v) is 7.98. The molecule has 2 N–H and O–H groups in total. The number of amides is 4. The quantitative estimate of drug-likeness (QED) is 0.746. The van der Waals surface area contributed by atoms with E-state index >= 15 is 0 Å². The van der Waals surface area contributed by atoms with Gasteiger partial charge in [0.25, 0.3) is 11.8 Å². The molecule has 1 aliphatic carbocycles. The molecule has 8 nitrogen and oxygen atoms in total. The number of nitrogens with zero attached hydrogens (tertiary/aromatic N) is 2. The zero-order chi connectivity index (χ0) is 20.9. The number of pyridine rings is 1. The maximum absolute atomic E-state index is 13.1. The van der Waals surface area contributed by atoms with Crippen LogP contribution in [0.15, 0.2) is 42.6 Å². The molecule has 2 aromatic rings. The molecule has 0 radical (unpaired) electrons. The van der Waals surface area contributed by atoms with Crippen molar-refractivity contribution in [3.05, 3.63) is 65.0 Å². The highest BCUT2D eigenvalue weighted by Gasteiger charge is 2.48. The van der Waals surface area contributed by atoms with Crippen molar-refractivity contribution in [2.45, 2.75) is 43.8 Å². The van der Waals surface area contributed by atoms with Gasteiger partial charge < -0.3 is 10.2 Å². The summed E-state index contributed by atoms with van der Waals surface area (Å²) in [4.78, 5) is 55.6. The van der Waals surface area contributed by atoms with Gasteiger partial charge in [-0.2, -0.15) is 0 Å². The number of rotatable bonds is 4. The Morgan fingerprint density at radius 2 is 1.97 bits per heavy atom. The van der Waals surface area contributed by atoms with Gasteiger partial charge in [0.15, 0.2) is 0 Å². The Kier molecular flexibility index (Phi) is 4.16. The minimum absolute atomic E-state index is 0.167. The Morgan fingerprint density at radius 3 is 2.67 bits per heavy atom. The number of piperidine rings is 1. The van der Waals surface area contributed by atoms with Crippen molar-refractivity contribution in [3.8, 4) is 0 Å². The fraction of sp³-hybridized carbons (Fsp3) is 0.318. The lowest BCUT2D eigenvalue weighted by atomic mass is 10.0. The van der Waals surface area contributed by atoms with Crippen LogP contribution < -0.4 is 10.6 Å². The van der Waals surface area contributed by atoms with E-state index in [1.165, 1.54) is 4.90 Å². The molecule has 1 aromatic heterocycles. The molecule has 1 atom stereocenters. The second kappa shape index (κ2) is 6.76. The van der Waals surface area contributed by atoms with Gasteiger partial charge in [0.1, 0.15) is 6.04 Å². The standard InChI is InChI=1S/C22H20N4O4/c27-18-8-7-16(20(29)24-18)26-12-15-13(4-3-5-14(15)21(26)30)19(28)25-22(9-10-22)17-6-1-2-11-23-17/h1-6,11,16H,7-10,12H2,(H,25,28)(H,24,27,29). The second-order valence-electron chi connectivity index (χ2n) is 7.98. The predicted octanol–water partition coefficient (Wildman–Crippen LogP) is 1.26. The van der Waals surface area contributed by atoms with Crippen molar-refractivity contribution in [1.82, 2.24) is 20.5 Å². The van der Waals surface area contributed by atoms with Gasteiger partial charge >= 0.3 is 0 Å². The summed E-state index contributed by atoms with van der Waals surface area (Å²) in [6, 6.07) is 9.97. The Hall–Kier alpha value is -3.55. The first-order valence-corrected chi connectivity index (χ1v) is 9.99. The highest BCUT2D eigenvalue weighted by molar-refractivity contribution is 6.07. The van der Waals surface area contributed by atoms with E-state index in [0.29, 0.717) is 16.7 Å². The number of aromatic nitrogens is 1. The van der Waals surface area contributed by atoms with E-state index < -0.39 is 17.5 Å². The average molecular weight is 404 g/mol. The predicted molar refractivity (Wildman–Crippen MR) is 105 cm³/mol. The average Bonchev–Trinajstić information content (AvgIpc) is 3.45. The summed E-state index contributed by atoms with van der Waals surface area (Å²) in [6.45, 7) is 0.167. The number of imide groups is 1. The fourth-order valence-electron chi connectivity index (χ4n) is 4.30. The van der Waals surface area contributed by atoms with Crippen LogP contribution in [0, 0.1) is 0 Å². The van der Waals surface area contributed by atoms with Gasteiger partial charge in [-0.05, 0) is 49.1 Å². The third-order valence-corrected chi connectivity index (χ3v) is 6.08. The van der Waals surface area contributed by atoms with Gasteiger partial charge in [-0.1, -0.05) is 12.1 Å². The maximum Gasteiger partial charge on any atom is 0.255 e. The van der Waals surface area contributed by atoms with E-state index in [1.807, 2.05) is 18.2 Å². The Labute approximate surface area is 172 Å². The first-order chi connectivity index (χ1) is 14.5. The van der Waals surface area contributed by atoms with Crippen molar-refractivity contribution in [3.63, 3.8) is 0 Å². The molecule has 2 aliphatic heterocycles. The summed E-state index contributed by atoms with van der Waals surface area (Å²) >= 11 is 0. The molecule has 8 heteroatoms. The highest BCUT2D eigenvalue weighted by atomic mass is 16.2. The van der Waals surface area contributed by atoms with Crippen molar-refractivity contribution in [2.24, 2.45) is 0 Å². The molecule has 1 unspecified atom stereocenters. The van der Waals surface area contributed by atoms with Crippen LogP contribution in [0.25, 0.3) is 0 Å². The lowest BCUT2D eigenvalue weighted by Crippen LogP contribution is -2.52. The van der Waals surface area contributed by atoms with Crippen molar-refractivity contribution >= 4 is 23.6 Å². The van der Waals surface area contributed by atoms with Crippen molar-refractivity contribution < 1.29 is 19.2 Å². The third kappa shape index (κ3) is 2.96. The monoisotopic (exact) mass is 404 g/mol. The summed E-state index contributed by atoms with van der Waals surface area (Å²) in [5, 5.41) is 5.39. The van der Waals surface area contributed by atoms with E-state index in [-0.39, 0.29) is 37.1 Å². The minimum Gasteiger partial charge on any atom is -0.341 e. The molecule has 1 saturated heterocycles.